The summed E-state index contributed by atoms with van der Waals surface area (Å²) in [6.07, 6.45) is 2.02. The lowest BCUT2D eigenvalue weighted by molar-refractivity contribution is -0.145. The monoisotopic (exact) mass is 308 g/mol. The fourth-order valence-corrected chi connectivity index (χ4v) is 2.61. The van der Waals surface area contributed by atoms with Crippen LogP contribution in [0, 0.1) is 12.3 Å². The molecule has 0 unspecified atom stereocenters. The first-order valence-electron chi connectivity index (χ1n) is 7.20. The maximum atomic E-state index is 12.5. The highest BCUT2D eigenvalue weighted by Crippen LogP contribution is 2.27. The first-order valence-corrected chi connectivity index (χ1v) is 7.58. The molecule has 1 aromatic carbocycles. The van der Waals surface area contributed by atoms with Gasteiger partial charge in [0.25, 0.3) is 0 Å². The van der Waals surface area contributed by atoms with Crippen LogP contribution in [0.1, 0.15) is 32.3 Å². The normalized spacial score (nSPS) is 15.1. The summed E-state index contributed by atoms with van der Waals surface area (Å²) in [5.74, 6) is -0.415. The van der Waals surface area contributed by atoms with E-state index in [1.54, 1.807) is 36.9 Å². The van der Waals surface area contributed by atoms with Gasteiger partial charge in [-0.1, -0.05) is 17.7 Å². The number of hydrogen-bond acceptors (Lipinski definition) is 2. The molecule has 1 saturated heterocycles. The number of nitrogens with zero attached hydrogens (tertiary/aromatic N) is 1. The van der Waals surface area contributed by atoms with Crippen LogP contribution >= 0.6 is 11.6 Å². The average molecular weight is 309 g/mol. The van der Waals surface area contributed by atoms with E-state index in [4.69, 9.17) is 11.6 Å². The third kappa shape index (κ3) is 3.21. The number of likely N-dealkylation sites (tertiary alicyclic amines) is 1. The van der Waals surface area contributed by atoms with Crippen LogP contribution in [0.25, 0.3) is 0 Å². The molecule has 0 saturated carbocycles. The number of carbonyl (C=O) groups excluding carboxylic acids is 2. The van der Waals surface area contributed by atoms with Crippen molar-refractivity contribution >= 4 is 29.1 Å². The van der Waals surface area contributed by atoms with Gasteiger partial charge in [0.1, 0.15) is 5.41 Å². The number of hydrogen-bond donors (Lipinski definition) is 1. The third-order valence-corrected chi connectivity index (χ3v) is 4.42. The van der Waals surface area contributed by atoms with Gasteiger partial charge in [0, 0.05) is 23.8 Å². The SMILES string of the molecule is Cc1c(Cl)cccc1NC(=O)C(C)(C)C(=O)N1CCCC1. The van der Waals surface area contributed by atoms with Crippen molar-refractivity contribution in [3.63, 3.8) is 0 Å². The van der Waals surface area contributed by atoms with Crippen LogP contribution in [0.5, 0.6) is 0 Å². The van der Waals surface area contributed by atoms with E-state index < -0.39 is 5.41 Å². The molecule has 1 aromatic rings. The van der Waals surface area contributed by atoms with Crippen LogP contribution in [-0.2, 0) is 9.59 Å². The van der Waals surface area contributed by atoms with Crippen molar-refractivity contribution < 1.29 is 9.59 Å². The molecule has 1 heterocycles. The topological polar surface area (TPSA) is 49.4 Å². The van der Waals surface area contributed by atoms with Gasteiger partial charge in [-0.15, -0.1) is 0 Å². The first kappa shape index (κ1) is 15.8. The molecule has 2 rings (SSSR count). The van der Waals surface area contributed by atoms with Gasteiger partial charge in [0.2, 0.25) is 11.8 Å². The molecule has 21 heavy (non-hydrogen) atoms. The molecular weight excluding hydrogens is 288 g/mol. The molecule has 2 amide bonds. The van der Waals surface area contributed by atoms with Crippen LogP contribution in [-0.4, -0.2) is 29.8 Å². The second-order valence-electron chi connectivity index (χ2n) is 5.99. The molecule has 1 aliphatic heterocycles. The molecule has 1 N–H and O–H groups in total. The number of anilines is 1. The minimum absolute atomic E-state index is 0.114. The predicted octanol–water partition coefficient (Wildman–Crippen LogP) is 3.24. The highest BCUT2D eigenvalue weighted by atomic mass is 35.5. The Bertz CT molecular complexity index is 563. The number of halogens is 1. The van der Waals surface area contributed by atoms with E-state index in [1.165, 1.54) is 0 Å². The Labute approximate surface area is 130 Å². The Hall–Kier alpha value is -1.55. The van der Waals surface area contributed by atoms with Crippen LogP contribution < -0.4 is 5.32 Å². The Balaban J connectivity index is 2.14. The fraction of sp³-hybridized carbons (Fsp3) is 0.500. The Morgan fingerprint density at radius 2 is 1.86 bits per heavy atom. The predicted molar refractivity (Wildman–Crippen MR) is 84.4 cm³/mol. The van der Waals surface area contributed by atoms with Gasteiger partial charge in [-0.2, -0.15) is 0 Å². The zero-order valence-electron chi connectivity index (χ0n) is 12.7. The molecule has 0 atom stereocenters. The summed E-state index contributed by atoms with van der Waals surface area (Å²) in [7, 11) is 0. The molecule has 5 heteroatoms. The maximum Gasteiger partial charge on any atom is 0.239 e. The van der Waals surface area contributed by atoms with Crippen molar-refractivity contribution in [2.24, 2.45) is 5.41 Å². The van der Waals surface area contributed by atoms with Crippen LogP contribution in [0.3, 0.4) is 0 Å². The number of benzene rings is 1. The van der Waals surface area contributed by atoms with Crippen molar-refractivity contribution in [3.8, 4) is 0 Å². The summed E-state index contributed by atoms with van der Waals surface area (Å²) < 4.78 is 0. The highest BCUT2D eigenvalue weighted by molar-refractivity contribution is 6.31. The van der Waals surface area contributed by atoms with E-state index >= 15 is 0 Å². The van der Waals surface area contributed by atoms with Gasteiger partial charge in [0.05, 0.1) is 0 Å². The maximum absolute atomic E-state index is 12.5. The molecule has 0 bridgehead atoms. The Morgan fingerprint density at radius 3 is 2.48 bits per heavy atom. The smallest absolute Gasteiger partial charge is 0.239 e. The van der Waals surface area contributed by atoms with Crippen molar-refractivity contribution in [2.45, 2.75) is 33.6 Å². The van der Waals surface area contributed by atoms with Gasteiger partial charge in [-0.3, -0.25) is 9.59 Å². The minimum atomic E-state index is -1.08. The zero-order valence-corrected chi connectivity index (χ0v) is 13.5. The first-order chi connectivity index (χ1) is 9.84. The largest absolute Gasteiger partial charge is 0.342 e. The third-order valence-electron chi connectivity index (χ3n) is 4.01. The molecule has 0 aliphatic carbocycles. The molecular formula is C16H21ClN2O2. The number of nitrogens with one attached hydrogen (secondary N) is 1. The minimum Gasteiger partial charge on any atom is -0.342 e. The van der Waals surface area contributed by atoms with Gasteiger partial charge in [-0.05, 0) is 51.3 Å². The quantitative estimate of drug-likeness (QED) is 0.872. The van der Waals surface area contributed by atoms with Crippen LogP contribution in [0.2, 0.25) is 5.02 Å². The number of rotatable bonds is 3. The van der Waals surface area contributed by atoms with Crippen molar-refractivity contribution in [1.29, 1.82) is 0 Å². The lowest BCUT2D eigenvalue weighted by Crippen LogP contribution is -2.46. The molecule has 1 aliphatic rings. The van der Waals surface area contributed by atoms with Crippen LogP contribution in [0.4, 0.5) is 5.69 Å². The van der Waals surface area contributed by atoms with E-state index in [2.05, 4.69) is 5.32 Å². The molecule has 0 radical (unpaired) electrons. The van der Waals surface area contributed by atoms with E-state index in [-0.39, 0.29) is 11.8 Å². The van der Waals surface area contributed by atoms with E-state index in [0.29, 0.717) is 10.7 Å². The second-order valence-corrected chi connectivity index (χ2v) is 6.40. The molecule has 4 nitrogen and oxygen atoms in total. The molecule has 114 valence electrons. The van der Waals surface area contributed by atoms with Crippen molar-refractivity contribution in [3.05, 3.63) is 28.8 Å². The number of amides is 2. The van der Waals surface area contributed by atoms with Gasteiger partial charge >= 0.3 is 0 Å². The van der Waals surface area contributed by atoms with Gasteiger partial charge < -0.3 is 10.2 Å². The van der Waals surface area contributed by atoms with E-state index in [0.717, 1.165) is 31.5 Å². The fourth-order valence-electron chi connectivity index (χ4n) is 2.43. The summed E-state index contributed by atoms with van der Waals surface area (Å²) in [6.45, 7) is 6.66. The van der Waals surface area contributed by atoms with E-state index in [1.807, 2.05) is 6.92 Å². The summed E-state index contributed by atoms with van der Waals surface area (Å²) in [6, 6.07) is 5.34. The Kier molecular flexibility index (Phi) is 4.57. The summed E-state index contributed by atoms with van der Waals surface area (Å²) in [5.41, 5.74) is 0.366. The highest BCUT2D eigenvalue weighted by Gasteiger charge is 2.40. The molecule has 0 aromatic heterocycles. The Morgan fingerprint density at radius 1 is 1.24 bits per heavy atom. The van der Waals surface area contributed by atoms with Crippen molar-refractivity contribution in [2.75, 3.05) is 18.4 Å². The van der Waals surface area contributed by atoms with E-state index in [9.17, 15) is 9.59 Å². The second kappa shape index (κ2) is 6.06. The zero-order chi connectivity index (χ0) is 15.6. The molecule has 0 spiro atoms. The average Bonchev–Trinajstić information content (AvgIpc) is 2.96. The van der Waals surface area contributed by atoms with Gasteiger partial charge in [0.15, 0.2) is 0 Å². The van der Waals surface area contributed by atoms with Crippen LogP contribution in [0.15, 0.2) is 18.2 Å². The van der Waals surface area contributed by atoms with Gasteiger partial charge in [-0.25, -0.2) is 0 Å². The lowest BCUT2D eigenvalue weighted by atomic mass is 9.90. The number of carbonyl (C=O) groups is 2. The summed E-state index contributed by atoms with van der Waals surface area (Å²) >= 11 is 6.05. The lowest BCUT2D eigenvalue weighted by Gasteiger charge is -2.28. The standard InChI is InChI=1S/C16H21ClN2O2/c1-11-12(17)7-6-8-13(11)18-14(20)16(2,3)15(21)19-9-4-5-10-19/h6-8H,4-5,9-10H2,1-3H3,(H,18,20). The van der Waals surface area contributed by atoms with Crippen molar-refractivity contribution in [1.82, 2.24) is 4.90 Å². The summed E-state index contributed by atoms with van der Waals surface area (Å²) in [5, 5.41) is 3.42. The summed E-state index contributed by atoms with van der Waals surface area (Å²) in [4.78, 5) is 26.8. The molecule has 1 fully saturated rings.